The number of esters is 1. The second-order valence-corrected chi connectivity index (χ2v) is 7.83. The predicted octanol–water partition coefficient (Wildman–Crippen LogP) is 3.59. The van der Waals surface area contributed by atoms with Gasteiger partial charge >= 0.3 is 12.1 Å². The van der Waals surface area contributed by atoms with Crippen LogP contribution in [0, 0.1) is 0 Å². The van der Waals surface area contributed by atoms with Crippen LogP contribution in [0.5, 0.6) is 0 Å². The SMILES string of the molecule is COC(=O)Cn1cc(CCN2CCN(c3ncccc3C(F)(F)F)CC2)c2ccccc21. The maximum Gasteiger partial charge on any atom is 0.419 e. The number of piperazine rings is 1. The summed E-state index contributed by atoms with van der Waals surface area (Å²) in [5.41, 5.74) is 1.43. The molecule has 0 saturated carbocycles. The molecule has 170 valence electrons. The molecule has 3 aromatic rings. The number of aromatic nitrogens is 2. The zero-order chi connectivity index (χ0) is 22.7. The first kappa shape index (κ1) is 22.1. The quantitative estimate of drug-likeness (QED) is 0.542. The number of methoxy groups -OCH3 is 1. The lowest BCUT2D eigenvalue weighted by molar-refractivity contribution is -0.141. The van der Waals surface area contributed by atoms with Gasteiger partial charge in [-0.2, -0.15) is 13.2 Å². The molecule has 1 saturated heterocycles. The van der Waals surface area contributed by atoms with Gasteiger partial charge in [0.15, 0.2) is 0 Å². The molecule has 1 aromatic carbocycles. The van der Waals surface area contributed by atoms with Crippen molar-refractivity contribution in [2.45, 2.75) is 19.1 Å². The molecule has 1 fully saturated rings. The molecule has 0 unspecified atom stereocenters. The number of hydrogen-bond acceptors (Lipinski definition) is 5. The molecule has 32 heavy (non-hydrogen) atoms. The number of halogens is 3. The van der Waals surface area contributed by atoms with Gasteiger partial charge in [0.1, 0.15) is 12.4 Å². The Bertz CT molecular complexity index is 1090. The number of carbonyl (C=O) groups excluding carboxylic acids is 1. The number of alkyl halides is 3. The van der Waals surface area contributed by atoms with Crippen LogP contribution >= 0.6 is 0 Å². The molecule has 3 heterocycles. The van der Waals surface area contributed by atoms with Crippen molar-refractivity contribution < 1.29 is 22.7 Å². The average Bonchev–Trinajstić information content (AvgIpc) is 3.15. The molecule has 0 radical (unpaired) electrons. The molecule has 6 nitrogen and oxygen atoms in total. The number of nitrogens with zero attached hydrogens (tertiary/aromatic N) is 4. The van der Waals surface area contributed by atoms with Gasteiger partial charge in [0.05, 0.1) is 12.7 Å². The molecule has 4 rings (SSSR count). The minimum atomic E-state index is -4.42. The van der Waals surface area contributed by atoms with E-state index in [4.69, 9.17) is 4.74 Å². The first-order chi connectivity index (χ1) is 15.4. The summed E-state index contributed by atoms with van der Waals surface area (Å²) in [4.78, 5) is 19.7. The van der Waals surface area contributed by atoms with Crippen molar-refractivity contribution in [1.29, 1.82) is 0 Å². The van der Waals surface area contributed by atoms with Crippen molar-refractivity contribution in [2.24, 2.45) is 0 Å². The van der Waals surface area contributed by atoms with Crippen molar-refractivity contribution in [3.05, 3.63) is 59.9 Å². The summed E-state index contributed by atoms with van der Waals surface area (Å²) in [6, 6.07) is 10.3. The third-order valence-electron chi connectivity index (χ3n) is 5.86. The Kier molecular flexibility index (Phi) is 6.36. The molecule has 0 amide bonds. The Morgan fingerprint density at radius 3 is 2.56 bits per heavy atom. The number of benzene rings is 1. The van der Waals surface area contributed by atoms with Crippen LogP contribution in [0.4, 0.5) is 19.0 Å². The van der Waals surface area contributed by atoms with E-state index >= 15 is 0 Å². The molecule has 0 N–H and O–H groups in total. The molecule has 0 spiro atoms. The molecule has 9 heteroatoms. The van der Waals surface area contributed by atoms with Crippen molar-refractivity contribution in [1.82, 2.24) is 14.5 Å². The van der Waals surface area contributed by atoms with Gasteiger partial charge in [-0.3, -0.25) is 9.69 Å². The van der Waals surface area contributed by atoms with Crippen molar-refractivity contribution in [3.8, 4) is 0 Å². The highest BCUT2D eigenvalue weighted by Gasteiger charge is 2.36. The third kappa shape index (κ3) is 4.72. The van der Waals surface area contributed by atoms with E-state index in [0.717, 1.165) is 35.5 Å². The number of anilines is 1. The average molecular weight is 446 g/mol. The predicted molar refractivity (Wildman–Crippen MR) is 116 cm³/mol. The van der Waals surface area contributed by atoms with E-state index < -0.39 is 11.7 Å². The number of hydrogen-bond donors (Lipinski definition) is 0. The Balaban J connectivity index is 1.40. The highest BCUT2D eigenvalue weighted by molar-refractivity contribution is 5.85. The summed E-state index contributed by atoms with van der Waals surface area (Å²) in [7, 11) is 1.37. The fourth-order valence-corrected chi connectivity index (χ4v) is 4.19. The number of carbonyl (C=O) groups is 1. The fraction of sp³-hybridized carbons (Fsp3) is 0.391. The first-order valence-corrected chi connectivity index (χ1v) is 10.5. The number of fused-ring (bicyclic) bond motifs is 1. The van der Waals surface area contributed by atoms with Gasteiger partial charge < -0.3 is 14.2 Å². The topological polar surface area (TPSA) is 50.6 Å². The van der Waals surface area contributed by atoms with Gasteiger partial charge in [-0.25, -0.2) is 4.98 Å². The lowest BCUT2D eigenvalue weighted by Crippen LogP contribution is -2.47. The van der Waals surface area contributed by atoms with Gasteiger partial charge in [0.25, 0.3) is 0 Å². The number of para-hydroxylation sites is 1. The second kappa shape index (κ2) is 9.20. The molecular weight excluding hydrogens is 421 g/mol. The Hall–Kier alpha value is -3.07. The molecule has 0 bridgehead atoms. The summed E-state index contributed by atoms with van der Waals surface area (Å²) in [5.74, 6) is -0.299. The second-order valence-electron chi connectivity index (χ2n) is 7.83. The molecule has 1 aliphatic heterocycles. The van der Waals surface area contributed by atoms with E-state index in [9.17, 15) is 18.0 Å². The monoisotopic (exact) mass is 446 g/mol. The van der Waals surface area contributed by atoms with Gasteiger partial charge in [0.2, 0.25) is 0 Å². The zero-order valence-electron chi connectivity index (χ0n) is 17.8. The van der Waals surface area contributed by atoms with E-state index in [2.05, 4.69) is 9.88 Å². The summed E-state index contributed by atoms with van der Waals surface area (Å²) < 4.78 is 46.6. The Labute approximate surface area is 184 Å². The minimum Gasteiger partial charge on any atom is -0.468 e. The normalized spacial score (nSPS) is 15.3. The van der Waals surface area contributed by atoms with Crippen LogP contribution in [0.3, 0.4) is 0 Å². The van der Waals surface area contributed by atoms with E-state index in [1.165, 1.54) is 19.4 Å². The van der Waals surface area contributed by atoms with Gasteiger partial charge in [-0.05, 0) is 30.2 Å². The molecule has 0 aliphatic carbocycles. The number of pyridine rings is 1. The summed E-state index contributed by atoms with van der Waals surface area (Å²) >= 11 is 0. The lowest BCUT2D eigenvalue weighted by atomic mass is 10.1. The molecule has 1 aliphatic rings. The molecule has 0 atom stereocenters. The summed E-state index contributed by atoms with van der Waals surface area (Å²) in [6.45, 7) is 3.24. The highest BCUT2D eigenvalue weighted by Crippen LogP contribution is 2.35. The van der Waals surface area contributed by atoms with E-state index in [1.807, 2.05) is 35.0 Å². The van der Waals surface area contributed by atoms with Crippen LogP contribution in [-0.2, 0) is 28.7 Å². The maximum atomic E-state index is 13.3. The Morgan fingerprint density at radius 1 is 1.09 bits per heavy atom. The smallest absolute Gasteiger partial charge is 0.419 e. The zero-order valence-corrected chi connectivity index (χ0v) is 17.8. The molecule has 2 aromatic heterocycles. The maximum absolute atomic E-state index is 13.3. The van der Waals surface area contributed by atoms with E-state index in [0.29, 0.717) is 26.2 Å². The lowest BCUT2D eigenvalue weighted by Gasteiger charge is -2.36. The standard InChI is InChI=1S/C23H25F3N4O2/c1-32-21(31)16-30-15-17(18-5-2-3-7-20(18)30)8-10-28-11-13-29(14-12-28)22-19(23(24,25)26)6-4-9-27-22/h2-7,9,15H,8,10-14,16H2,1H3. The van der Waals surface area contributed by atoms with Crippen LogP contribution in [-0.4, -0.2) is 60.3 Å². The van der Waals surface area contributed by atoms with E-state index in [1.54, 1.807) is 4.90 Å². The fourth-order valence-electron chi connectivity index (χ4n) is 4.19. The number of rotatable bonds is 6. The Morgan fingerprint density at radius 2 is 1.84 bits per heavy atom. The van der Waals surface area contributed by atoms with Crippen molar-refractivity contribution >= 4 is 22.7 Å². The largest absolute Gasteiger partial charge is 0.468 e. The summed E-state index contributed by atoms with van der Waals surface area (Å²) in [6.07, 6.45) is -0.242. The molecular formula is C23H25F3N4O2. The van der Waals surface area contributed by atoms with Crippen LogP contribution in [0.2, 0.25) is 0 Å². The first-order valence-electron chi connectivity index (χ1n) is 10.5. The minimum absolute atomic E-state index is 0.00512. The van der Waals surface area contributed by atoms with Crippen LogP contribution in [0.15, 0.2) is 48.8 Å². The third-order valence-corrected chi connectivity index (χ3v) is 5.86. The summed E-state index contributed by atoms with van der Waals surface area (Å²) in [5, 5.41) is 1.10. The van der Waals surface area contributed by atoms with Crippen molar-refractivity contribution in [3.63, 3.8) is 0 Å². The van der Waals surface area contributed by atoms with Gasteiger partial charge in [-0.1, -0.05) is 18.2 Å². The van der Waals surface area contributed by atoms with Gasteiger partial charge in [0, 0.05) is 56.0 Å². The van der Waals surface area contributed by atoms with Crippen LogP contribution in [0.25, 0.3) is 10.9 Å². The van der Waals surface area contributed by atoms with Gasteiger partial charge in [-0.15, -0.1) is 0 Å². The van der Waals surface area contributed by atoms with Crippen molar-refractivity contribution in [2.75, 3.05) is 44.7 Å². The highest BCUT2D eigenvalue weighted by atomic mass is 19.4. The number of ether oxygens (including phenoxy) is 1. The van der Waals surface area contributed by atoms with Crippen LogP contribution in [0.1, 0.15) is 11.1 Å². The van der Waals surface area contributed by atoms with E-state index in [-0.39, 0.29) is 18.3 Å². The van der Waals surface area contributed by atoms with Crippen LogP contribution < -0.4 is 4.90 Å².